The van der Waals surface area contributed by atoms with Crippen molar-refractivity contribution in [2.24, 2.45) is 0 Å². The molecule has 4 rings (SSSR count). The van der Waals surface area contributed by atoms with Crippen LogP contribution in [0, 0.1) is 0 Å². The molecule has 0 bridgehead atoms. The number of rotatable bonds is 8. The summed E-state index contributed by atoms with van der Waals surface area (Å²) >= 11 is 1.37. The molecule has 172 valence electrons. The fourth-order valence-electron chi connectivity index (χ4n) is 3.92. The van der Waals surface area contributed by atoms with Gasteiger partial charge in [-0.3, -0.25) is 9.59 Å². The van der Waals surface area contributed by atoms with Crippen LogP contribution in [-0.4, -0.2) is 36.0 Å². The highest BCUT2D eigenvalue weighted by molar-refractivity contribution is 7.09. The molecule has 0 saturated heterocycles. The molecule has 1 fully saturated rings. The number of nitrogens with one attached hydrogen (secondary N) is 2. The van der Waals surface area contributed by atoms with E-state index in [2.05, 4.69) is 15.6 Å². The number of ether oxygens (including phenoxy) is 2. The zero-order valence-electron chi connectivity index (χ0n) is 18.5. The zero-order chi connectivity index (χ0) is 23.0. The molecule has 1 aromatic heterocycles. The zero-order valence-corrected chi connectivity index (χ0v) is 19.3. The fourth-order valence-corrected chi connectivity index (χ4v) is 4.60. The first-order valence-corrected chi connectivity index (χ1v) is 11.9. The first-order chi connectivity index (χ1) is 16.1. The van der Waals surface area contributed by atoms with Crippen LogP contribution >= 0.6 is 11.3 Å². The number of amides is 2. The van der Waals surface area contributed by atoms with Crippen molar-refractivity contribution in [1.29, 1.82) is 0 Å². The van der Waals surface area contributed by atoms with Crippen molar-refractivity contribution in [3.63, 3.8) is 0 Å². The number of carbonyl (C=O) groups excluding carboxylic acids is 2. The number of aromatic nitrogens is 1. The maximum Gasteiger partial charge on any atom is 0.271 e. The van der Waals surface area contributed by atoms with Gasteiger partial charge in [0.2, 0.25) is 0 Å². The smallest absolute Gasteiger partial charge is 0.271 e. The van der Waals surface area contributed by atoms with Gasteiger partial charge < -0.3 is 20.1 Å². The quantitative estimate of drug-likeness (QED) is 0.520. The van der Waals surface area contributed by atoms with Gasteiger partial charge in [-0.25, -0.2) is 4.98 Å². The van der Waals surface area contributed by atoms with E-state index in [1.54, 1.807) is 24.6 Å². The summed E-state index contributed by atoms with van der Waals surface area (Å²) in [5, 5.41) is 8.60. The molecule has 1 heterocycles. The van der Waals surface area contributed by atoms with Gasteiger partial charge in [-0.1, -0.05) is 43.2 Å². The number of hydrogen-bond donors (Lipinski definition) is 2. The summed E-state index contributed by atoms with van der Waals surface area (Å²) in [5.74, 6) is 0.917. The molecular weight excluding hydrogens is 438 g/mol. The minimum absolute atomic E-state index is 0.109. The van der Waals surface area contributed by atoms with E-state index in [-0.39, 0.29) is 30.5 Å². The Morgan fingerprint density at radius 2 is 1.58 bits per heavy atom. The maximum absolute atomic E-state index is 12.9. The molecule has 0 aliphatic heterocycles. The Hall–Kier alpha value is -3.39. The van der Waals surface area contributed by atoms with Gasteiger partial charge in [0, 0.05) is 23.0 Å². The number of methoxy groups -OCH3 is 1. The van der Waals surface area contributed by atoms with Crippen LogP contribution in [0.3, 0.4) is 0 Å². The average molecular weight is 466 g/mol. The highest BCUT2D eigenvalue weighted by Gasteiger charge is 2.29. The SMILES string of the molecule is COc1ccccc1OCc1nc(C(=O)N[C@H]2CCCC[C@H]2NC(=O)c2ccccc2)cs1. The fraction of sp³-hybridized carbons (Fsp3) is 0.320. The monoisotopic (exact) mass is 465 g/mol. The number of carbonyl (C=O) groups is 2. The predicted octanol–water partition coefficient (Wildman–Crippen LogP) is 4.20. The third-order valence-corrected chi connectivity index (χ3v) is 6.46. The summed E-state index contributed by atoms with van der Waals surface area (Å²) in [6, 6.07) is 16.3. The summed E-state index contributed by atoms with van der Waals surface area (Å²) < 4.78 is 11.1. The van der Waals surface area contributed by atoms with Crippen LogP contribution in [0.1, 0.15) is 51.5 Å². The summed E-state index contributed by atoms with van der Waals surface area (Å²) in [4.78, 5) is 29.9. The molecule has 0 unspecified atom stereocenters. The topological polar surface area (TPSA) is 89.6 Å². The van der Waals surface area contributed by atoms with Gasteiger partial charge in [-0.05, 0) is 37.1 Å². The van der Waals surface area contributed by atoms with Crippen LogP contribution in [0.2, 0.25) is 0 Å². The van der Waals surface area contributed by atoms with E-state index in [1.807, 2.05) is 42.5 Å². The molecular formula is C25H27N3O4S. The average Bonchev–Trinajstić information content (AvgIpc) is 3.34. The third-order valence-electron chi connectivity index (χ3n) is 5.64. The summed E-state index contributed by atoms with van der Waals surface area (Å²) in [6.07, 6.45) is 3.68. The van der Waals surface area contributed by atoms with Crippen molar-refractivity contribution >= 4 is 23.2 Å². The van der Waals surface area contributed by atoms with Crippen LogP contribution in [-0.2, 0) is 6.61 Å². The van der Waals surface area contributed by atoms with Crippen LogP contribution < -0.4 is 20.1 Å². The van der Waals surface area contributed by atoms with Gasteiger partial charge >= 0.3 is 0 Å². The molecule has 2 N–H and O–H groups in total. The molecule has 3 aromatic rings. The number of para-hydroxylation sites is 2. The van der Waals surface area contributed by atoms with E-state index in [1.165, 1.54) is 11.3 Å². The van der Waals surface area contributed by atoms with Crippen molar-refractivity contribution in [3.05, 3.63) is 76.2 Å². The Labute approximate surface area is 197 Å². The largest absolute Gasteiger partial charge is 0.493 e. The maximum atomic E-state index is 12.9. The van der Waals surface area contributed by atoms with Gasteiger partial charge in [-0.2, -0.15) is 0 Å². The molecule has 2 atom stereocenters. The lowest BCUT2D eigenvalue weighted by molar-refractivity contribution is 0.0860. The Morgan fingerprint density at radius 1 is 0.939 bits per heavy atom. The second-order valence-electron chi connectivity index (χ2n) is 7.88. The van der Waals surface area contributed by atoms with Gasteiger partial charge in [0.25, 0.3) is 11.8 Å². The summed E-state index contributed by atoms with van der Waals surface area (Å²) in [5.41, 5.74) is 0.977. The first kappa shape index (κ1) is 22.8. The van der Waals surface area contributed by atoms with E-state index >= 15 is 0 Å². The minimum atomic E-state index is -0.236. The Morgan fingerprint density at radius 3 is 2.27 bits per heavy atom. The Kier molecular flexibility index (Phi) is 7.57. The van der Waals surface area contributed by atoms with E-state index in [9.17, 15) is 9.59 Å². The summed E-state index contributed by atoms with van der Waals surface area (Å²) in [7, 11) is 1.59. The van der Waals surface area contributed by atoms with E-state index in [0.29, 0.717) is 27.8 Å². The Balaban J connectivity index is 1.35. The number of benzene rings is 2. The minimum Gasteiger partial charge on any atom is -0.493 e. The second kappa shape index (κ2) is 11.0. The van der Waals surface area contributed by atoms with Crippen LogP contribution in [0.15, 0.2) is 60.0 Å². The highest BCUT2D eigenvalue weighted by Crippen LogP contribution is 2.27. The lowest BCUT2D eigenvalue weighted by atomic mass is 9.90. The molecule has 33 heavy (non-hydrogen) atoms. The lowest BCUT2D eigenvalue weighted by Crippen LogP contribution is -2.53. The predicted molar refractivity (Wildman–Crippen MR) is 127 cm³/mol. The van der Waals surface area contributed by atoms with E-state index in [4.69, 9.17) is 9.47 Å². The van der Waals surface area contributed by atoms with Crippen molar-refractivity contribution in [2.45, 2.75) is 44.4 Å². The molecule has 2 aromatic carbocycles. The van der Waals surface area contributed by atoms with E-state index in [0.717, 1.165) is 25.7 Å². The van der Waals surface area contributed by atoms with Crippen LogP contribution in [0.4, 0.5) is 0 Å². The molecule has 0 spiro atoms. The van der Waals surface area contributed by atoms with Crippen molar-refractivity contribution in [1.82, 2.24) is 15.6 Å². The first-order valence-electron chi connectivity index (χ1n) is 11.0. The van der Waals surface area contributed by atoms with Gasteiger partial charge in [0.1, 0.15) is 17.3 Å². The number of nitrogens with zero attached hydrogens (tertiary/aromatic N) is 1. The van der Waals surface area contributed by atoms with Crippen molar-refractivity contribution in [3.8, 4) is 11.5 Å². The molecule has 1 saturated carbocycles. The molecule has 7 nitrogen and oxygen atoms in total. The Bertz CT molecular complexity index is 1090. The van der Waals surface area contributed by atoms with Crippen molar-refractivity contribution < 1.29 is 19.1 Å². The lowest BCUT2D eigenvalue weighted by Gasteiger charge is -2.32. The molecule has 1 aliphatic carbocycles. The molecule has 8 heteroatoms. The standard InChI is InChI=1S/C25H27N3O4S/c1-31-21-13-7-8-14-22(21)32-15-23-26-20(16-33-23)25(30)28-19-12-6-5-11-18(19)27-24(29)17-9-3-2-4-10-17/h2-4,7-10,13-14,16,18-19H,5-6,11-12,15H2,1H3,(H,27,29)(H,28,30)/t18-,19+/m1/s1. The van der Waals surface area contributed by atoms with Crippen molar-refractivity contribution in [2.75, 3.05) is 7.11 Å². The van der Waals surface area contributed by atoms with E-state index < -0.39 is 0 Å². The summed E-state index contributed by atoms with van der Waals surface area (Å²) in [6.45, 7) is 0.248. The van der Waals surface area contributed by atoms with Gasteiger partial charge in [0.15, 0.2) is 11.5 Å². The van der Waals surface area contributed by atoms with Crippen LogP contribution in [0.25, 0.3) is 0 Å². The molecule has 0 radical (unpaired) electrons. The number of hydrogen-bond acceptors (Lipinski definition) is 6. The van der Waals surface area contributed by atoms with Gasteiger partial charge in [0.05, 0.1) is 7.11 Å². The third kappa shape index (κ3) is 5.90. The molecule has 2 amide bonds. The second-order valence-corrected chi connectivity index (χ2v) is 8.82. The number of thiazole rings is 1. The highest BCUT2D eigenvalue weighted by atomic mass is 32.1. The van der Waals surface area contributed by atoms with Crippen LogP contribution in [0.5, 0.6) is 11.5 Å². The van der Waals surface area contributed by atoms with Gasteiger partial charge in [-0.15, -0.1) is 11.3 Å². The normalized spacial score (nSPS) is 17.7. The molecule has 1 aliphatic rings.